The maximum atomic E-state index is 12.4. The van der Waals surface area contributed by atoms with E-state index < -0.39 is 0 Å². The summed E-state index contributed by atoms with van der Waals surface area (Å²) in [7, 11) is 0. The Bertz CT molecular complexity index is 725. The molecule has 0 radical (unpaired) electrons. The Labute approximate surface area is 135 Å². The van der Waals surface area contributed by atoms with Crippen LogP contribution in [0.15, 0.2) is 48.5 Å². The summed E-state index contributed by atoms with van der Waals surface area (Å²) >= 11 is 0. The topological polar surface area (TPSA) is 61.4 Å². The molecular formula is C18H19N3O2. The van der Waals surface area contributed by atoms with Crippen molar-refractivity contribution in [1.29, 1.82) is 0 Å². The Morgan fingerprint density at radius 3 is 2.17 bits per heavy atom. The van der Waals surface area contributed by atoms with Gasteiger partial charge in [0.05, 0.1) is 0 Å². The lowest BCUT2D eigenvalue weighted by atomic mass is 10.0. The van der Waals surface area contributed by atoms with Crippen molar-refractivity contribution in [2.45, 2.75) is 19.9 Å². The molecule has 2 aromatic rings. The molecule has 2 N–H and O–H groups in total. The minimum Gasteiger partial charge on any atom is -0.326 e. The number of urea groups is 1. The van der Waals surface area contributed by atoms with E-state index in [-0.39, 0.29) is 11.9 Å². The van der Waals surface area contributed by atoms with Crippen LogP contribution in [-0.4, -0.2) is 23.4 Å². The Morgan fingerprint density at radius 2 is 1.52 bits per heavy atom. The Balaban J connectivity index is 1.62. The van der Waals surface area contributed by atoms with E-state index in [1.54, 1.807) is 24.3 Å². The SMILES string of the molecule is CC(=O)Nc1ccc(NC(=O)N2CCc3ccccc3C2)cc1. The lowest BCUT2D eigenvalue weighted by Gasteiger charge is -2.29. The molecule has 0 bridgehead atoms. The highest BCUT2D eigenvalue weighted by atomic mass is 16.2. The van der Waals surface area contributed by atoms with Crippen molar-refractivity contribution >= 4 is 23.3 Å². The standard InChI is InChI=1S/C18H19N3O2/c1-13(22)19-16-6-8-17(9-7-16)20-18(23)21-11-10-14-4-2-3-5-15(14)12-21/h2-9H,10-12H2,1H3,(H,19,22)(H,20,23). The lowest BCUT2D eigenvalue weighted by molar-refractivity contribution is -0.114. The van der Waals surface area contributed by atoms with Gasteiger partial charge in [-0.25, -0.2) is 4.79 Å². The van der Waals surface area contributed by atoms with Gasteiger partial charge in [0.1, 0.15) is 0 Å². The molecule has 3 rings (SSSR count). The molecule has 0 atom stereocenters. The molecule has 23 heavy (non-hydrogen) atoms. The number of fused-ring (bicyclic) bond motifs is 1. The van der Waals surface area contributed by atoms with Crippen LogP contribution in [-0.2, 0) is 17.8 Å². The summed E-state index contributed by atoms with van der Waals surface area (Å²) in [4.78, 5) is 25.2. The van der Waals surface area contributed by atoms with Crippen molar-refractivity contribution in [3.8, 4) is 0 Å². The van der Waals surface area contributed by atoms with Crippen molar-refractivity contribution in [3.63, 3.8) is 0 Å². The number of hydrogen-bond acceptors (Lipinski definition) is 2. The number of amides is 3. The molecule has 0 fully saturated rings. The second kappa shape index (κ2) is 6.52. The number of rotatable bonds is 2. The van der Waals surface area contributed by atoms with Crippen LogP contribution in [0.2, 0.25) is 0 Å². The first-order chi connectivity index (χ1) is 11.1. The van der Waals surface area contributed by atoms with Crippen molar-refractivity contribution in [2.75, 3.05) is 17.2 Å². The molecule has 2 aromatic carbocycles. The van der Waals surface area contributed by atoms with Crippen LogP contribution in [0.4, 0.5) is 16.2 Å². The number of anilines is 2. The highest BCUT2D eigenvalue weighted by Crippen LogP contribution is 2.20. The fourth-order valence-corrected chi connectivity index (χ4v) is 2.71. The van der Waals surface area contributed by atoms with Crippen molar-refractivity contribution in [1.82, 2.24) is 4.90 Å². The fraction of sp³-hybridized carbons (Fsp3) is 0.222. The van der Waals surface area contributed by atoms with Gasteiger partial charge in [0, 0.05) is 31.4 Å². The first kappa shape index (κ1) is 15.1. The number of hydrogen-bond donors (Lipinski definition) is 2. The van der Waals surface area contributed by atoms with Crippen LogP contribution in [0.3, 0.4) is 0 Å². The second-order valence-electron chi connectivity index (χ2n) is 5.63. The fourth-order valence-electron chi connectivity index (χ4n) is 2.71. The zero-order valence-corrected chi connectivity index (χ0v) is 13.0. The Hall–Kier alpha value is -2.82. The highest BCUT2D eigenvalue weighted by Gasteiger charge is 2.20. The molecule has 0 spiro atoms. The predicted molar refractivity (Wildman–Crippen MR) is 90.3 cm³/mol. The average molecular weight is 309 g/mol. The highest BCUT2D eigenvalue weighted by molar-refractivity contribution is 5.91. The van der Waals surface area contributed by atoms with Crippen LogP contribution in [0, 0.1) is 0 Å². The molecule has 1 aliphatic rings. The summed E-state index contributed by atoms with van der Waals surface area (Å²) in [6.45, 7) is 2.81. The summed E-state index contributed by atoms with van der Waals surface area (Å²) in [6, 6.07) is 15.2. The van der Waals surface area contributed by atoms with E-state index in [0.29, 0.717) is 24.5 Å². The Morgan fingerprint density at radius 1 is 0.913 bits per heavy atom. The number of benzene rings is 2. The number of nitrogens with zero attached hydrogens (tertiary/aromatic N) is 1. The zero-order valence-electron chi connectivity index (χ0n) is 13.0. The van der Waals surface area contributed by atoms with E-state index >= 15 is 0 Å². The minimum atomic E-state index is -0.117. The van der Waals surface area contributed by atoms with Crippen LogP contribution in [0.25, 0.3) is 0 Å². The molecule has 1 heterocycles. The molecule has 0 aromatic heterocycles. The van der Waals surface area contributed by atoms with Crippen LogP contribution >= 0.6 is 0 Å². The lowest BCUT2D eigenvalue weighted by Crippen LogP contribution is -2.38. The first-order valence-corrected chi connectivity index (χ1v) is 7.62. The molecule has 5 heteroatoms. The summed E-state index contributed by atoms with van der Waals surface area (Å²) < 4.78 is 0. The third kappa shape index (κ3) is 3.69. The Kier molecular flexibility index (Phi) is 4.28. The normalized spacial score (nSPS) is 13.2. The zero-order chi connectivity index (χ0) is 16.2. The van der Waals surface area contributed by atoms with Crippen molar-refractivity contribution in [2.24, 2.45) is 0 Å². The largest absolute Gasteiger partial charge is 0.326 e. The van der Waals surface area contributed by atoms with Gasteiger partial charge in [-0.15, -0.1) is 0 Å². The maximum Gasteiger partial charge on any atom is 0.322 e. The van der Waals surface area contributed by atoms with Gasteiger partial charge in [0.15, 0.2) is 0 Å². The molecule has 5 nitrogen and oxygen atoms in total. The molecular weight excluding hydrogens is 290 g/mol. The monoisotopic (exact) mass is 309 g/mol. The smallest absolute Gasteiger partial charge is 0.322 e. The van der Waals surface area contributed by atoms with E-state index in [4.69, 9.17) is 0 Å². The van der Waals surface area contributed by atoms with E-state index in [9.17, 15) is 9.59 Å². The van der Waals surface area contributed by atoms with E-state index in [1.807, 2.05) is 17.0 Å². The van der Waals surface area contributed by atoms with Gasteiger partial charge in [-0.1, -0.05) is 24.3 Å². The number of carbonyl (C=O) groups is 2. The van der Waals surface area contributed by atoms with E-state index in [2.05, 4.69) is 22.8 Å². The van der Waals surface area contributed by atoms with Crippen LogP contribution in [0.1, 0.15) is 18.1 Å². The van der Waals surface area contributed by atoms with Gasteiger partial charge in [-0.05, 0) is 41.8 Å². The molecule has 118 valence electrons. The summed E-state index contributed by atoms with van der Waals surface area (Å²) in [5.41, 5.74) is 3.94. The van der Waals surface area contributed by atoms with Gasteiger partial charge in [0.2, 0.25) is 5.91 Å². The third-order valence-electron chi connectivity index (χ3n) is 3.87. The molecule has 0 aliphatic carbocycles. The first-order valence-electron chi connectivity index (χ1n) is 7.62. The molecule has 1 aliphatic heterocycles. The predicted octanol–water partition coefficient (Wildman–Crippen LogP) is 3.24. The average Bonchev–Trinajstić information content (AvgIpc) is 2.55. The van der Waals surface area contributed by atoms with Crippen molar-refractivity contribution < 1.29 is 9.59 Å². The molecule has 0 unspecified atom stereocenters. The van der Waals surface area contributed by atoms with E-state index in [0.717, 1.165) is 6.42 Å². The minimum absolute atomic E-state index is 0.105. The van der Waals surface area contributed by atoms with Gasteiger partial charge < -0.3 is 15.5 Å². The summed E-state index contributed by atoms with van der Waals surface area (Å²) in [5, 5.41) is 5.59. The second-order valence-corrected chi connectivity index (χ2v) is 5.63. The summed E-state index contributed by atoms with van der Waals surface area (Å²) in [6.07, 6.45) is 0.880. The molecule has 0 saturated carbocycles. The quantitative estimate of drug-likeness (QED) is 0.894. The van der Waals surface area contributed by atoms with Crippen LogP contribution < -0.4 is 10.6 Å². The van der Waals surface area contributed by atoms with Gasteiger partial charge >= 0.3 is 6.03 Å². The summed E-state index contributed by atoms with van der Waals surface area (Å²) in [5.74, 6) is -0.117. The van der Waals surface area contributed by atoms with E-state index in [1.165, 1.54) is 18.1 Å². The van der Waals surface area contributed by atoms with Gasteiger partial charge in [-0.3, -0.25) is 4.79 Å². The maximum absolute atomic E-state index is 12.4. The van der Waals surface area contributed by atoms with Crippen LogP contribution in [0.5, 0.6) is 0 Å². The molecule has 0 saturated heterocycles. The third-order valence-corrected chi connectivity index (χ3v) is 3.87. The van der Waals surface area contributed by atoms with Gasteiger partial charge in [-0.2, -0.15) is 0 Å². The molecule has 3 amide bonds. The number of carbonyl (C=O) groups excluding carboxylic acids is 2. The van der Waals surface area contributed by atoms with Gasteiger partial charge in [0.25, 0.3) is 0 Å². The number of nitrogens with one attached hydrogen (secondary N) is 2. The van der Waals surface area contributed by atoms with Crippen molar-refractivity contribution in [3.05, 3.63) is 59.7 Å².